The topological polar surface area (TPSA) is 35.9 Å². The molecule has 2 heterocycles. The van der Waals surface area contributed by atoms with Crippen LogP contribution in [0.3, 0.4) is 0 Å². The largest absolute Gasteiger partial charge is 0.504 e. The maximum Gasteiger partial charge on any atom is 0.160 e. The molecule has 2 aliphatic rings. The zero-order valence-corrected chi connectivity index (χ0v) is 12.4. The van der Waals surface area contributed by atoms with E-state index >= 15 is 0 Å². The summed E-state index contributed by atoms with van der Waals surface area (Å²) >= 11 is 0. The number of piperazine rings is 1. The molecule has 0 aliphatic carbocycles. The lowest BCUT2D eigenvalue weighted by atomic mass is 10.1. The average Bonchev–Trinajstić information content (AvgIpc) is 2.86. The molecule has 110 valence electrons. The van der Waals surface area contributed by atoms with Crippen molar-refractivity contribution in [3.05, 3.63) is 23.8 Å². The third kappa shape index (κ3) is 2.63. The second kappa shape index (κ2) is 5.62. The van der Waals surface area contributed by atoms with Gasteiger partial charge in [0.05, 0.1) is 7.11 Å². The summed E-state index contributed by atoms with van der Waals surface area (Å²) in [5, 5.41) is 9.89. The Bertz CT molecular complexity index is 478. The molecule has 20 heavy (non-hydrogen) atoms. The Morgan fingerprint density at radius 1 is 1.35 bits per heavy atom. The van der Waals surface area contributed by atoms with Gasteiger partial charge in [0.25, 0.3) is 0 Å². The van der Waals surface area contributed by atoms with Crippen LogP contribution in [-0.4, -0.2) is 53.7 Å². The van der Waals surface area contributed by atoms with Gasteiger partial charge in [-0.1, -0.05) is 6.07 Å². The van der Waals surface area contributed by atoms with E-state index in [9.17, 15) is 5.11 Å². The van der Waals surface area contributed by atoms with Crippen LogP contribution >= 0.6 is 0 Å². The molecule has 2 saturated heterocycles. The molecule has 2 atom stereocenters. The van der Waals surface area contributed by atoms with Crippen molar-refractivity contribution >= 4 is 0 Å². The van der Waals surface area contributed by atoms with Crippen LogP contribution in [-0.2, 0) is 6.54 Å². The number of phenolic OH excluding ortho intramolecular Hbond substituents is 1. The fraction of sp³-hybridized carbons (Fsp3) is 0.625. The van der Waals surface area contributed by atoms with Crippen molar-refractivity contribution in [1.82, 2.24) is 9.80 Å². The summed E-state index contributed by atoms with van der Waals surface area (Å²) in [6.45, 7) is 6.80. The van der Waals surface area contributed by atoms with Crippen molar-refractivity contribution in [1.29, 1.82) is 0 Å². The smallest absolute Gasteiger partial charge is 0.160 e. The Morgan fingerprint density at radius 3 is 2.95 bits per heavy atom. The Labute approximate surface area is 120 Å². The number of hydrogen-bond acceptors (Lipinski definition) is 4. The van der Waals surface area contributed by atoms with E-state index in [1.807, 2.05) is 18.2 Å². The zero-order valence-electron chi connectivity index (χ0n) is 12.4. The molecular formula is C16H24N2O2. The third-order valence-electron chi connectivity index (χ3n) is 4.70. The van der Waals surface area contributed by atoms with Crippen LogP contribution in [0, 0.1) is 0 Å². The van der Waals surface area contributed by atoms with Gasteiger partial charge in [-0.2, -0.15) is 0 Å². The number of aromatic hydroxyl groups is 1. The SMILES string of the molecule is COc1ccc(CN2CC3CCCN3CC2C)cc1O. The van der Waals surface area contributed by atoms with E-state index < -0.39 is 0 Å². The fourth-order valence-corrected chi connectivity index (χ4v) is 3.54. The van der Waals surface area contributed by atoms with Crippen molar-refractivity contribution in [2.75, 3.05) is 26.7 Å². The number of benzene rings is 1. The number of phenols is 1. The minimum Gasteiger partial charge on any atom is -0.504 e. The summed E-state index contributed by atoms with van der Waals surface area (Å²) in [4.78, 5) is 5.17. The highest BCUT2D eigenvalue weighted by Gasteiger charge is 2.34. The molecule has 2 unspecified atom stereocenters. The van der Waals surface area contributed by atoms with Crippen LogP contribution in [0.1, 0.15) is 25.3 Å². The van der Waals surface area contributed by atoms with Gasteiger partial charge in [-0.05, 0) is 44.0 Å². The quantitative estimate of drug-likeness (QED) is 0.917. The van der Waals surface area contributed by atoms with Crippen LogP contribution in [0.5, 0.6) is 11.5 Å². The van der Waals surface area contributed by atoms with Crippen LogP contribution in [0.4, 0.5) is 0 Å². The molecule has 1 aromatic rings. The van der Waals surface area contributed by atoms with Gasteiger partial charge in [0.2, 0.25) is 0 Å². The monoisotopic (exact) mass is 276 g/mol. The molecule has 3 rings (SSSR count). The lowest BCUT2D eigenvalue weighted by Crippen LogP contribution is -2.54. The highest BCUT2D eigenvalue weighted by molar-refractivity contribution is 5.41. The van der Waals surface area contributed by atoms with Crippen molar-refractivity contribution in [3.63, 3.8) is 0 Å². The molecule has 1 aromatic carbocycles. The Hall–Kier alpha value is -1.26. The van der Waals surface area contributed by atoms with Gasteiger partial charge in [-0.3, -0.25) is 9.80 Å². The number of ether oxygens (including phenoxy) is 1. The zero-order chi connectivity index (χ0) is 14.1. The van der Waals surface area contributed by atoms with E-state index in [1.165, 1.54) is 25.9 Å². The summed E-state index contributed by atoms with van der Waals surface area (Å²) in [5.74, 6) is 0.777. The van der Waals surface area contributed by atoms with Gasteiger partial charge in [0.1, 0.15) is 0 Å². The minimum absolute atomic E-state index is 0.233. The molecule has 4 heteroatoms. The van der Waals surface area contributed by atoms with Crippen LogP contribution in [0.25, 0.3) is 0 Å². The van der Waals surface area contributed by atoms with Gasteiger partial charge in [-0.25, -0.2) is 0 Å². The first-order chi connectivity index (χ1) is 9.67. The summed E-state index contributed by atoms with van der Waals surface area (Å²) in [7, 11) is 1.58. The normalized spacial score (nSPS) is 27.5. The predicted octanol–water partition coefficient (Wildman–Crippen LogP) is 2.07. The molecule has 4 nitrogen and oxygen atoms in total. The van der Waals surface area contributed by atoms with E-state index in [-0.39, 0.29) is 5.75 Å². The summed E-state index contributed by atoms with van der Waals surface area (Å²) in [5.41, 5.74) is 1.15. The molecule has 2 fully saturated rings. The molecule has 0 spiro atoms. The first-order valence-electron chi connectivity index (χ1n) is 7.51. The maximum absolute atomic E-state index is 9.89. The van der Waals surface area contributed by atoms with Crippen LogP contribution < -0.4 is 4.74 Å². The van der Waals surface area contributed by atoms with Crippen LogP contribution in [0.2, 0.25) is 0 Å². The van der Waals surface area contributed by atoms with Gasteiger partial charge in [-0.15, -0.1) is 0 Å². The average molecular weight is 276 g/mol. The number of methoxy groups -OCH3 is 1. The van der Waals surface area contributed by atoms with Gasteiger partial charge in [0, 0.05) is 31.7 Å². The van der Waals surface area contributed by atoms with E-state index in [0.29, 0.717) is 11.8 Å². The van der Waals surface area contributed by atoms with E-state index in [0.717, 1.165) is 24.7 Å². The third-order valence-corrected chi connectivity index (χ3v) is 4.70. The van der Waals surface area contributed by atoms with Crippen molar-refractivity contribution < 1.29 is 9.84 Å². The maximum atomic E-state index is 9.89. The second-order valence-electron chi connectivity index (χ2n) is 6.08. The first-order valence-corrected chi connectivity index (χ1v) is 7.51. The van der Waals surface area contributed by atoms with E-state index in [2.05, 4.69) is 16.7 Å². The van der Waals surface area contributed by atoms with E-state index in [4.69, 9.17) is 4.74 Å². The Balaban J connectivity index is 1.69. The number of nitrogens with zero attached hydrogens (tertiary/aromatic N) is 2. The molecule has 0 aromatic heterocycles. The van der Waals surface area contributed by atoms with Gasteiger partial charge >= 0.3 is 0 Å². The van der Waals surface area contributed by atoms with Crippen molar-refractivity contribution in [2.45, 2.75) is 38.4 Å². The molecule has 0 saturated carbocycles. The molecule has 0 bridgehead atoms. The molecular weight excluding hydrogens is 252 g/mol. The molecule has 2 aliphatic heterocycles. The molecule has 1 N–H and O–H groups in total. The van der Waals surface area contributed by atoms with Crippen molar-refractivity contribution in [2.24, 2.45) is 0 Å². The lowest BCUT2D eigenvalue weighted by Gasteiger charge is -2.42. The number of hydrogen-bond donors (Lipinski definition) is 1. The van der Waals surface area contributed by atoms with Gasteiger partial charge < -0.3 is 9.84 Å². The van der Waals surface area contributed by atoms with Crippen molar-refractivity contribution in [3.8, 4) is 11.5 Å². The fourth-order valence-electron chi connectivity index (χ4n) is 3.54. The molecule has 0 radical (unpaired) electrons. The lowest BCUT2D eigenvalue weighted by molar-refractivity contribution is 0.0540. The standard InChI is InChI=1S/C16H24N2O2/c1-12-9-17-7-3-4-14(17)11-18(12)10-13-5-6-16(20-2)15(19)8-13/h5-6,8,12,14,19H,3-4,7,9-11H2,1-2H3. The Morgan fingerprint density at radius 2 is 2.20 bits per heavy atom. The van der Waals surface area contributed by atoms with Gasteiger partial charge in [0.15, 0.2) is 11.5 Å². The predicted molar refractivity (Wildman–Crippen MR) is 79.1 cm³/mol. The first kappa shape index (κ1) is 13.7. The second-order valence-corrected chi connectivity index (χ2v) is 6.08. The number of rotatable bonds is 3. The summed E-state index contributed by atoms with van der Waals surface area (Å²) < 4.78 is 5.10. The minimum atomic E-state index is 0.233. The molecule has 0 amide bonds. The summed E-state index contributed by atoms with van der Waals surface area (Å²) in [6, 6.07) is 7.03. The number of fused-ring (bicyclic) bond motifs is 1. The highest BCUT2D eigenvalue weighted by atomic mass is 16.5. The van der Waals surface area contributed by atoms with Crippen LogP contribution in [0.15, 0.2) is 18.2 Å². The Kier molecular flexibility index (Phi) is 3.85. The summed E-state index contributed by atoms with van der Waals surface area (Å²) in [6.07, 6.45) is 2.67. The highest BCUT2D eigenvalue weighted by Crippen LogP contribution is 2.29. The van der Waals surface area contributed by atoms with E-state index in [1.54, 1.807) is 7.11 Å².